The molecule has 3 N–H and O–H groups in total. The van der Waals surface area contributed by atoms with Crippen molar-refractivity contribution in [3.8, 4) is 11.5 Å². The highest BCUT2D eigenvalue weighted by Crippen LogP contribution is 2.21. The topological polar surface area (TPSA) is 64.4 Å². The van der Waals surface area contributed by atoms with Crippen LogP contribution in [-0.2, 0) is 11.3 Å². The number of hydrogen-bond acceptors (Lipinski definition) is 3. The molecule has 0 radical (unpaired) electrons. The van der Waals surface area contributed by atoms with Crippen molar-refractivity contribution in [2.24, 2.45) is 11.7 Å². The predicted octanol–water partition coefficient (Wildman–Crippen LogP) is 3.08. The third-order valence-corrected chi connectivity index (χ3v) is 3.55. The number of hydrogen-bond donors (Lipinski definition) is 2. The number of nitrogens with two attached hydrogens (primary N) is 1. The summed E-state index contributed by atoms with van der Waals surface area (Å²) in [6.45, 7) is 4.12. The summed E-state index contributed by atoms with van der Waals surface area (Å²) < 4.78 is 5.78. The summed E-state index contributed by atoms with van der Waals surface area (Å²) in [5.41, 5.74) is 6.72. The van der Waals surface area contributed by atoms with Crippen LogP contribution in [0.3, 0.4) is 0 Å². The fourth-order valence-electron chi connectivity index (χ4n) is 1.93. The zero-order valence-corrected chi connectivity index (χ0v) is 13.0. The summed E-state index contributed by atoms with van der Waals surface area (Å²) in [6.07, 6.45) is 0. The molecule has 0 saturated heterocycles. The van der Waals surface area contributed by atoms with Gasteiger partial charge in [-0.25, -0.2) is 0 Å². The van der Waals surface area contributed by atoms with Crippen molar-refractivity contribution in [1.82, 2.24) is 5.32 Å². The van der Waals surface area contributed by atoms with Crippen molar-refractivity contribution < 1.29 is 9.53 Å². The molecule has 0 aromatic heterocycles. The molecule has 2 aromatic carbocycles. The van der Waals surface area contributed by atoms with E-state index in [-0.39, 0.29) is 17.9 Å². The third-order valence-electron chi connectivity index (χ3n) is 3.55. The molecule has 2 rings (SSSR count). The van der Waals surface area contributed by atoms with Gasteiger partial charge in [0.2, 0.25) is 5.91 Å². The lowest BCUT2D eigenvalue weighted by Crippen LogP contribution is -2.38. The second-order valence-corrected chi connectivity index (χ2v) is 5.43. The van der Waals surface area contributed by atoms with E-state index in [9.17, 15) is 4.79 Å². The second-order valence-electron chi connectivity index (χ2n) is 5.43. The van der Waals surface area contributed by atoms with Crippen LogP contribution in [-0.4, -0.2) is 11.9 Å². The monoisotopic (exact) mass is 298 g/mol. The molecule has 0 aliphatic rings. The van der Waals surface area contributed by atoms with Crippen LogP contribution in [0.1, 0.15) is 19.4 Å². The average molecular weight is 298 g/mol. The molecule has 0 fully saturated rings. The van der Waals surface area contributed by atoms with Crippen molar-refractivity contribution in [3.63, 3.8) is 0 Å². The minimum Gasteiger partial charge on any atom is -0.457 e. The van der Waals surface area contributed by atoms with Gasteiger partial charge in [-0.15, -0.1) is 0 Å². The molecule has 0 heterocycles. The van der Waals surface area contributed by atoms with Crippen LogP contribution >= 0.6 is 0 Å². The van der Waals surface area contributed by atoms with E-state index in [0.717, 1.165) is 17.1 Å². The van der Waals surface area contributed by atoms with Gasteiger partial charge in [0.1, 0.15) is 11.5 Å². The highest BCUT2D eigenvalue weighted by Gasteiger charge is 2.16. The Morgan fingerprint density at radius 2 is 1.77 bits per heavy atom. The highest BCUT2D eigenvalue weighted by atomic mass is 16.5. The first-order valence-corrected chi connectivity index (χ1v) is 7.41. The number of benzene rings is 2. The van der Waals surface area contributed by atoms with Crippen LogP contribution in [0.4, 0.5) is 0 Å². The minimum absolute atomic E-state index is 0.0376. The molecule has 116 valence electrons. The Morgan fingerprint density at radius 1 is 1.09 bits per heavy atom. The lowest BCUT2D eigenvalue weighted by atomic mass is 10.0. The van der Waals surface area contributed by atoms with E-state index >= 15 is 0 Å². The van der Waals surface area contributed by atoms with Gasteiger partial charge in [0.05, 0.1) is 0 Å². The fourth-order valence-corrected chi connectivity index (χ4v) is 1.93. The lowest BCUT2D eigenvalue weighted by molar-refractivity contribution is -0.125. The average Bonchev–Trinajstić information content (AvgIpc) is 2.53. The molecule has 0 spiro atoms. The maximum atomic E-state index is 11.9. The van der Waals surface area contributed by atoms with Gasteiger partial charge in [-0.2, -0.15) is 0 Å². The molecule has 1 amide bonds. The summed E-state index contributed by atoms with van der Waals surface area (Å²) in [7, 11) is 0. The second kappa shape index (κ2) is 7.61. The van der Waals surface area contributed by atoms with Crippen LogP contribution < -0.4 is 15.8 Å². The van der Waals surface area contributed by atoms with E-state index in [1.165, 1.54) is 0 Å². The molecular weight excluding hydrogens is 276 g/mol. The zero-order valence-electron chi connectivity index (χ0n) is 13.0. The molecule has 0 saturated carbocycles. The van der Waals surface area contributed by atoms with Gasteiger partial charge < -0.3 is 15.8 Å². The Bertz CT molecular complexity index is 611. The Morgan fingerprint density at radius 3 is 2.45 bits per heavy atom. The number of carbonyl (C=O) groups excluding carboxylic acids is 1. The van der Waals surface area contributed by atoms with E-state index in [1.807, 2.05) is 68.4 Å². The largest absolute Gasteiger partial charge is 0.457 e. The van der Waals surface area contributed by atoms with Crippen LogP contribution in [0.15, 0.2) is 54.6 Å². The Labute approximate surface area is 131 Å². The smallest absolute Gasteiger partial charge is 0.224 e. The van der Waals surface area contributed by atoms with Gasteiger partial charge in [0.25, 0.3) is 0 Å². The standard InChI is InChI=1S/C18H22N2O2/c1-13(14(2)19)18(21)20-12-15-7-6-10-17(11-15)22-16-8-4-3-5-9-16/h3-11,13-14H,12,19H2,1-2H3,(H,20,21). The van der Waals surface area contributed by atoms with E-state index in [1.54, 1.807) is 0 Å². The minimum atomic E-state index is -0.205. The maximum absolute atomic E-state index is 11.9. The zero-order chi connectivity index (χ0) is 15.9. The molecule has 0 bridgehead atoms. The summed E-state index contributed by atoms with van der Waals surface area (Å²) in [5.74, 6) is 1.29. The van der Waals surface area contributed by atoms with Gasteiger partial charge in [0.15, 0.2) is 0 Å². The number of carbonyl (C=O) groups is 1. The lowest BCUT2D eigenvalue weighted by Gasteiger charge is -2.15. The van der Waals surface area contributed by atoms with E-state index in [0.29, 0.717) is 6.54 Å². The van der Waals surface area contributed by atoms with Crippen LogP contribution in [0.25, 0.3) is 0 Å². The van der Waals surface area contributed by atoms with Crippen molar-refractivity contribution in [3.05, 3.63) is 60.2 Å². The molecule has 22 heavy (non-hydrogen) atoms. The van der Waals surface area contributed by atoms with Crippen molar-refractivity contribution in [2.75, 3.05) is 0 Å². The highest BCUT2D eigenvalue weighted by molar-refractivity contribution is 5.78. The summed E-state index contributed by atoms with van der Waals surface area (Å²) in [6, 6.07) is 17.1. The number of para-hydroxylation sites is 1. The maximum Gasteiger partial charge on any atom is 0.224 e. The number of ether oxygens (including phenoxy) is 1. The van der Waals surface area contributed by atoms with Crippen molar-refractivity contribution in [1.29, 1.82) is 0 Å². The molecule has 4 heteroatoms. The summed E-state index contributed by atoms with van der Waals surface area (Å²) in [4.78, 5) is 11.9. The first kappa shape index (κ1) is 16.0. The van der Waals surface area contributed by atoms with Gasteiger partial charge >= 0.3 is 0 Å². The molecule has 4 nitrogen and oxygen atoms in total. The fraction of sp³-hybridized carbons (Fsp3) is 0.278. The molecule has 0 aliphatic carbocycles. The summed E-state index contributed by atoms with van der Waals surface area (Å²) >= 11 is 0. The quantitative estimate of drug-likeness (QED) is 0.861. The normalized spacial score (nSPS) is 13.2. The SMILES string of the molecule is CC(N)C(C)C(=O)NCc1cccc(Oc2ccccc2)c1. The molecule has 2 unspecified atom stereocenters. The molecule has 0 aliphatic heterocycles. The Kier molecular flexibility index (Phi) is 5.55. The molecule has 2 atom stereocenters. The van der Waals surface area contributed by atoms with Gasteiger partial charge in [-0.3, -0.25) is 4.79 Å². The predicted molar refractivity (Wildman–Crippen MR) is 87.6 cm³/mol. The first-order valence-electron chi connectivity index (χ1n) is 7.41. The molecule has 2 aromatic rings. The Balaban J connectivity index is 1.96. The molecular formula is C18H22N2O2. The third kappa shape index (κ3) is 4.60. The van der Waals surface area contributed by atoms with Crippen LogP contribution in [0.5, 0.6) is 11.5 Å². The first-order chi connectivity index (χ1) is 10.6. The van der Waals surface area contributed by atoms with E-state index in [4.69, 9.17) is 10.5 Å². The van der Waals surface area contributed by atoms with Gasteiger partial charge in [-0.05, 0) is 36.8 Å². The van der Waals surface area contributed by atoms with Crippen molar-refractivity contribution in [2.45, 2.75) is 26.4 Å². The van der Waals surface area contributed by atoms with E-state index in [2.05, 4.69) is 5.32 Å². The van der Waals surface area contributed by atoms with Crippen LogP contribution in [0, 0.1) is 5.92 Å². The number of amides is 1. The number of nitrogens with one attached hydrogen (secondary N) is 1. The van der Waals surface area contributed by atoms with Crippen LogP contribution in [0.2, 0.25) is 0 Å². The number of rotatable bonds is 6. The van der Waals surface area contributed by atoms with Gasteiger partial charge in [0, 0.05) is 18.5 Å². The summed E-state index contributed by atoms with van der Waals surface area (Å²) in [5, 5.41) is 2.90. The van der Waals surface area contributed by atoms with Gasteiger partial charge in [-0.1, -0.05) is 37.3 Å². The van der Waals surface area contributed by atoms with Crippen molar-refractivity contribution >= 4 is 5.91 Å². The Hall–Kier alpha value is -2.33. The van der Waals surface area contributed by atoms with E-state index < -0.39 is 0 Å².